The predicted molar refractivity (Wildman–Crippen MR) is 28.3 cm³/mol. The fourth-order valence-electron chi connectivity index (χ4n) is 0.629. The molecule has 0 saturated carbocycles. The Bertz CT molecular complexity index is 80.1. The van der Waals surface area contributed by atoms with Gasteiger partial charge in [-0.25, -0.2) is 0 Å². The summed E-state index contributed by atoms with van der Waals surface area (Å²) in [5.41, 5.74) is 0. The second kappa shape index (κ2) is 2.07. The zero-order valence-electron chi connectivity index (χ0n) is 4.17. The van der Waals surface area contributed by atoms with Crippen molar-refractivity contribution in [2.24, 2.45) is 0 Å². The largest absolute Gasteiger partial charge is 0.392 e. The van der Waals surface area contributed by atoms with E-state index in [1.807, 2.05) is 0 Å². The first kappa shape index (κ1) is 4.78. The fraction of sp³-hybridized carbons (Fsp3) is 0.800. The molecule has 0 saturated heterocycles. The van der Waals surface area contributed by atoms with Crippen LogP contribution in [0.25, 0.3) is 0 Å². The number of rotatable bonds is 0. The summed E-state index contributed by atoms with van der Waals surface area (Å²) in [6, 6.07) is 0. The first-order chi connectivity index (χ1) is 3.39. The van der Waals surface area contributed by atoms with Crippen LogP contribution in [0.5, 0.6) is 0 Å². The van der Waals surface area contributed by atoms with Crippen molar-refractivity contribution in [1.29, 1.82) is 0 Å². The first-order valence-electron chi connectivity index (χ1n) is 2.56. The fourth-order valence-corrected chi connectivity index (χ4v) is 0.629. The van der Waals surface area contributed by atoms with Gasteiger partial charge in [0.15, 0.2) is 0 Å². The van der Waals surface area contributed by atoms with Gasteiger partial charge in [-0.15, -0.1) is 0 Å². The van der Waals surface area contributed by atoms with Gasteiger partial charge >= 0.3 is 0 Å². The molecule has 1 aliphatic heterocycles. The zero-order valence-corrected chi connectivity index (χ0v) is 4.17. The number of nitrogens with zero attached hydrogens (tertiary/aromatic N) is 1. The number of aliphatic hydroxyl groups is 1. The summed E-state index contributed by atoms with van der Waals surface area (Å²) < 4.78 is 0. The van der Waals surface area contributed by atoms with Crippen molar-refractivity contribution in [3.05, 3.63) is 0 Å². The molecule has 2 heteroatoms. The molecular weight excluding hydrogens is 90.1 g/mol. The summed E-state index contributed by atoms with van der Waals surface area (Å²) in [6.45, 7) is 0.807. The molecule has 0 aromatic carbocycles. The molecule has 2 nitrogen and oxygen atoms in total. The molecule has 1 N–H and O–H groups in total. The summed E-state index contributed by atoms with van der Waals surface area (Å²) >= 11 is 0. The zero-order chi connectivity index (χ0) is 5.11. The number of aliphatic imine (C=N–C) groups is 1. The van der Waals surface area contributed by atoms with E-state index in [1.165, 1.54) is 0 Å². The lowest BCUT2D eigenvalue weighted by atomic mass is 10.2. The van der Waals surface area contributed by atoms with Crippen molar-refractivity contribution in [2.45, 2.75) is 18.9 Å². The van der Waals surface area contributed by atoms with E-state index in [9.17, 15) is 0 Å². The monoisotopic (exact) mass is 99.1 g/mol. The van der Waals surface area contributed by atoms with E-state index in [1.54, 1.807) is 6.21 Å². The summed E-state index contributed by atoms with van der Waals surface area (Å²) in [7, 11) is 0. The molecule has 0 bridgehead atoms. The molecule has 1 heterocycles. The van der Waals surface area contributed by atoms with Crippen LogP contribution in [0.1, 0.15) is 12.8 Å². The SMILES string of the molecule is OC1CC=[N+]CC1. The quantitative estimate of drug-likeness (QED) is 0.438. The minimum atomic E-state index is -0.113. The van der Waals surface area contributed by atoms with Crippen LogP contribution in [0.15, 0.2) is 0 Å². The van der Waals surface area contributed by atoms with Crippen molar-refractivity contribution in [2.75, 3.05) is 6.54 Å². The highest BCUT2D eigenvalue weighted by atomic mass is 16.3. The lowest BCUT2D eigenvalue weighted by Crippen LogP contribution is -2.18. The Morgan fingerprint density at radius 2 is 2.57 bits per heavy atom. The van der Waals surface area contributed by atoms with Crippen molar-refractivity contribution < 1.29 is 5.11 Å². The average Bonchev–Trinajstić information content (AvgIpc) is 1.69. The van der Waals surface area contributed by atoms with Gasteiger partial charge in [-0.3, -0.25) is 0 Å². The van der Waals surface area contributed by atoms with Gasteiger partial charge in [0.05, 0.1) is 12.5 Å². The smallest absolute Gasteiger partial charge is 0.214 e. The highest BCUT2D eigenvalue weighted by Crippen LogP contribution is 1.95. The Balaban J connectivity index is 2.32. The molecule has 0 spiro atoms. The lowest BCUT2D eigenvalue weighted by molar-refractivity contribution is 0.170. The van der Waals surface area contributed by atoms with E-state index in [0.29, 0.717) is 0 Å². The molecule has 1 radical (unpaired) electrons. The van der Waals surface area contributed by atoms with Gasteiger partial charge in [-0.05, 0) is 0 Å². The van der Waals surface area contributed by atoms with Crippen molar-refractivity contribution in [1.82, 2.24) is 4.99 Å². The molecule has 1 rings (SSSR count). The Morgan fingerprint density at radius 1 is 1.71 bits per heavy atom. The van der Waals surface area contributed by atoms with Gasteiger partial charge in [0, 0.05) is 11.4 Å². The number of hydrogen-bond acceptors (Lipinski definition) is 2. The van der Waals surface area contributed by atoms with Crippen LogP contribution < -0.4 is 4.99 Å². The maximum atomic E-state index is 8.82. The van der Waals surface area contributed by atoms with E-state index in [2.05, 4.69) is 4.99 Å². The third kappa shape index (κ3) is 1.27. The topological polar surface area (TPSA) is 34.3 Å². The lowest BCUT2D eigenvalue weighted by Gasteiger charge is -2.00. The third-order valence-corrected chi connectivity index (χ3v) is 1.10. The van der Waals surface area contributed by atoms with E-state index in [-0.39, 0.29) is 6.10 Å². The molecule has 39 valence electrons. The number of hydrogen-bond donors (Lipinski definition) is 1. The van der Waals surface area contributed by atoms with E-state index in [4.69, 9.17) is 5.11 Å². The maximum absolute atomic E-state index is 8.82. The normalized spacial score (nSPS) is 30.7. The van der Waals surface area contributed by atoms with Gasteiger partial charge < -0.3 is 5.11 Å². The predicted octanol–water partition coefficient (Wildman–Crippen LogP) is -0.452. The number of aliphatic hydroxyl groups excluding tert-OH is 1. The summed E-state index contributed by atoms with van der Waals surface area (Å²) in [5, 5.41) is 8.82. The van der Waals surface area contributed by atoms with Crippen LogP contribution in [-0.4, -0.2) is 24.0 Å². The Labute approximate surface area is 42.9 Å². The van der Waals surface area contributed by atoms with E-state index >= 15 is 0 Å². The maximum Gasteiger partial charge on any atom is 0.214 e. The van der Waals surface area contributed by atoms with Crippen LogP contribution in [0.3, 0.4) is 0 Å². The standard InChI is InChI=1S/C5H9NO/c7-5-1-3-6-4-2-5/h3,5,7H,1-2,4H2/q+1. The highest BCUT2D eigenvalue weighted by molar-refractivity contribution is 5.57. The Morgan fingerprint density at radius 3 is 2.86 bits per heavy atom. The Kier molecular flexibility index (Phi) is 1.42. The molecule has 0 aromatic heterocycles. The third-order valence-electron chi connectivity index (χ3n) is 1.10. The molecule has 0 amide bonds. The summed E-state index contributed by atoms with van der Waals surface area (Å²) in [6.07, 6.45) is 3.27. The van der Waals surface area contributed by atoms with Crippen LogP contribution >= 0.6 is 0 Å². The first-order valence-corrected chi connectivity index (χ1v) is 2.56. The van der Waals surface area contributed by atoms with Gasteiger partial charge in [0.2, 0.25) is 12.8 Å². The molecule has 1 atom stereocenters. The molecule has 0 aliphatic carbocycles. The highest BCUT2D eigenvalue weighted by Gasteiger charge is 2.11. The second-order valence-corrected chi connectivity index (χ2v) is 1.77. The van der Waals surface area contributed by atoms with E-state index in [0.717, 1.165) is 19.4 Å². The molecule has 1 unspecified atom stereocenters. The van der Waals surface area contributed by atoms with Crippen LogP contribution in [-0.2, 0) is 0 Å². The van der Waals surface area contributed by atoms with Crippen LogP contribution in [0, 0.1) is 0 Å². The molecule has 7 heavy (non-hydrogen) atoms. The van der Waals surface area contributed by atoms with Crippen LogP contribution in [0.2, 0.25) is 0 Å². The average molecular weight is 99.1 g/mol. The summed E-state index contributed by atoms with van der Waals surface area (Å²) in [5.74, 6) is 0. The van der Waals surface area contributed by atoms with Gasteiger partial charge in [-0.2, -0.15) is 0 Å². The minimum Gasteiger partial charge on any atom is -0.392 e. The second-order valence-electron chi connectivity index (χ2n) is 1.77. The van der Waals surface area contributed by atoms with Gasteiger partial charge in [0.25, 0.3) is 0 Å². The van der Waals surface area contributed by atoms with Gasteiger partial charge in [0.1, 0.15) is 0 Å². The van der Waals surface area contributed by atoms with Crippen molar-refractivity contribution in [3.63, 3.8) is 0 Å². The molecule has 0 fully saturated rings. The van der Waals surface area contributed by atoms with Crippen LogP contribution in [0.4, 0.5) is 0 Å². The minimum absolute atomic E-state index is 0.113. The summed E-state index contributed by atoms with van der Waals surface area (Å²) in [4.78, 5) is 3.94. The van der Waals surface area contributed by atoms with Crippen molar-refractivity contribution in [3.8, 4) is 0 Å². The van der Waals surface area contributed by atoms with Gasteiger partial charge in [-0.1, -0.05) is 0 Å². The van der Waals surface area contributed by atoms with Crippen molar-refractivity contribution >= 4 is 6.21 Å². The molecular formula is C5H9NO+. The molecule has 0 aromatic rings. The Hall–Kier alpha value is -0.370. The molecule has 1 aliphatic rings. The van der Waals surface area contributed by atoms with E-state index < -0.39 is 0 Å².